The van der Waals surface area contributed by atoms with Gasteiger partial charge in [0.25, 0.3) is 0 Å². The third kappa shape index (κ3) is 5.73. The molecule has 3 aromatic carbocycles. The van der Waals surface area contributed by atoms with Gasteiger partial charge in [0.2, 0.25) is 5.88 Å². The first-order chi connectivity index (χ1) is 21.1. The smallest absolute Gasteiger partial charge is 0.338 e. The van der Waals surface area contributed by atoms with E-state index in [1.165, 1.54) is 18.2 Å². The monoisotopic (exact) mass is 607 g/mol. The molecule has 6 rings (SSSR count). The van der Waals surface area contributed by atoms with Gasteiger partial charge < -0.3 is 14.4 Å². The molecule has 0 atom stereocenters. The van der Waals surface area contributed by atoms with Crippen LogP contribution in [0.1, 0.15) is 45.7 Å². The number of aromatic carboxylic acids is 1. The van der Waals surface area contributed by atoms with Crippen molar-refractivity contribution in [2.45, 2.75) is 39.3 Å². The topological polar surface area (TPSA) is 77.2 Å². The summed E-state index contributed by atoms with van der Waals surface area (Å²) in [7, 11) is 0. The molecule has 0 bridgehead atoms. The molecule has 2 heterocycles. The molecule has 1 aliphatic carbocycles. The Bertz CT molecular complexity index is 1920. The summed E-state index contributed by atoms with van der Waals surface area (Å²) in [5.74, 6) is -4.13. The van der Waals surface area contributed by atoms with Crippen molar-refractivity contribution in [2.24, 2.45) is 5.41 Å². The van der Waals surface area contributed by atoms with Gasteiger partial charge in [0, 0.05) is 41.6 Å². The Hall–Kier alpha value is -4.80. The molecule has 5 aromatic rings. The number of rotatable bonds is 10. The third-order valence-corrected chi connectivity index (χ3v) is 7.95. The van der Waals surface area contributed by atoms with Crippen molar-refractivity contribution in [1.82, 2.24) is 14.5 Å². The minimum Gasteiger partial charge on any atom is -0.478 e. The first-order valence-corrected chi connectivity index (χ1v) is 13.9. The number of nitrogens with zero attached hydrogens (tertiary/aromatic N) is 3. The van der Waals surface area contributed by atoms with Gasteiger partial charge in [-0.25, -0.2) is 32.3 Å². The highest BCUT2D eigenvalue weighted by atomic mass is 19.1. The summed E-state index contributed by atoms with van der Waals surface area (Å²) < 4.78 is 80.6. The Kier molecular flexibility index (Phi) is 7.56. The van der Waals surface area contributed by atoms with E-state index >= 15 is 8.78 Å². The number of hydrogen-bond acceptors (Lipinski definition) is 4. The lowest BCUT2D eigenvalue weighted by Crippen LogP contribution is -2.16. The van der Waals surface area contributed by atoms with Crippen LogP contribution in [0.25, 0.3) is 22.3 Å². The van der Waals surface area contributed by atoms with Crippen molar-refractivity contribution < 1.29 is 36.6 Å². The first kappa shape index (κ1) is 29.3. The highest BCUT2D eigenvalue weighted by molar-refractivity contribution is 5.93. The summed E-state index contributed by atoms with van der Waals surface area (Å²) in [5, 5.41) is 9.41. The summed E-state index contributed by atoms with van der Waals surface area (Å²) in [6.07, 6.45) is 0.981. The Morgan fingerprint density at radius 2 is 1.70 bits per heavy atom. The molecule has 11 heteroatoms. The maximum Gasteiger partial charge on any atom is 0.338 e. The fourth-order valence-corrected chi connectivity index (χ4v) is 5.17. The average molecular weight is 608 g/mol. The number of fused-ring (bicyclic) bond motifs is 1. The predicted molar refractivity (Wildman–Crippen MR) is 152 cm³/mol. The Morgan fingerprint density at radius 3 is 2.41 bits per heavy atom. The van der Waals surface area contributed by atoms with Crippen LogP contribution in [0.3, 0.4) is 0 Å². The Balaban J connectivity index is 1.30. The third-order valence-electron chi connectivity index (χ3n) is 7.95. The van der Waals surface area contributed by atoms with E-state index in [4.69, 9.17) is 4.74 Å². The summed E-state index contributed by atoms with van der Waals surface area (Å²) in [5.41, 5.74) is 0.135. The molecule has 0 spiro atoms. The number of carboxylic acid groups (broad SMARTS) is 1. The van der Waals surface area contributed by atoms with Crippen molar-refractivity contribution in [3.63, 3.8) is 0 Å². The van der Waals surface area contributed by atoms with Crippen molar-refractivity contribution in [2.75, 3.05) is 6.67 Å². The van der Waals surface area contributed by atoms with Gasteiger partial charge in [-0.2, -0.15) is 0 Å². The molecule has 0 unspecified atom stereocenters. The highest BCUT2D eigenvalue weighted by Crippen LogP contribution is 2.48. The van der Waals surface area contributed by atoms with Crippen LogP contribution in [0.15, 0.2) is 60.7 Å². The first-order valence-electron chi connectivity index (χ1n) is 13.9. The lowest BCUT2D eigenvalue weighted by Gasteiger charge is -2.16. The van der Waals surface area contributed by atoms with E-state index in [1.54, 1.807) is 29.7 Å². The number of imidazole rings is 1. The average Bonchev–Trinajstić information content (AvgIpc) is 3.70. The number of alkyl halides is 1. The Labute approximate surface area is 248 Å². The molecule has 1 fully saturated rings. The second-order valence-electron chi connectivity index (χ2n) is 11.2. The zero-order valence-corrected chi connectivity index (χ0v) is 23.5. The molecule has 226 valence electrons. The molecular weight excluding hydrogens is 581 g/mol. The van der Waals surface area contributed by atoms with Crippen LogP contribution in [0.2, 0.25) is 0 Å². The number of carboxylic acids is 1. The van der Waals surface area contributed by atoms with Crippen LogP contribution >= 0.6 is 0 Å². The zero-order chi connectivity index (χ0) is 31.2. The highest BCUT2D eigenvalue weighted by Gasteiger charge is 2.44. The standard InChI is InChI=1S/C33H26F5N3O3/c1-18-5-6-19(23(35)9-18)15-44-31-4-2-3-27(40-31)21-12-24(36)20(10-25(21)37)11-30-39-28-14-26(38)22(32(42)43)13-29(28)41(30)17-33(16-34)7-8-33/h2-6,9-10,12-14H,7-8,11,15-17H2,1H3,(H,42,43). The summed E-state index contributed by atoms with van der Waals surface area (Å²) in [6.45, 7) is 1.17. The van der Waals surface area contributed by atoms with E-state index in [0.29, 0.717) is 18.4 Å². The van der Waals surface area contributed by atoms with Gasteiger partial charge >= 0.3 is 5.97 Å². The van der Waals surface area contributed by atoms with Gasteiger partial charge in [0.1, 0.15) is 35.7 Å². The minimum absolute atomic E-state index is 0.0610. The maximum atomic E-state index is 15.5. The van der Waals surface area contributed by atoms with E-state index in [2.05, 4.69) is 9.97 Å². The number of aryl methyl sites for hydroxylation is 1. The van der Waals surface area contributed by atoms with Gasteiger partial charge in [-0.15, -0.1) is 0 Å². The van der Waals surface area contributed by atoms with E-state index in [9.17, 15) is 23.1 Å². The number of aromatic nitrogens is 3. The number of halogens is 5. The molecule has 1 saturated carbocycles. The van der Waals surface area contributed by atoms with Crippen molar-refractivity contribution in [1.29, 1.82) is 0 Å². The lowest BCUT2D eigenvalue weighted by atomic mass is 10.0. The van der Waals surface area contributed by atoms with Crippen LogP contribution in [0, 0.1) is 35.6 Å². The number of ether oxygens (including phenoxy) is 1. The molecule has 1 N–H and O–H groups in total. The minimum atomic E-state index is -1.47. The molecule has 44 heavy (non-hydrogen) atoms. The molecule has 0 saturated heterocycles. The molecule has 0 aliphatic heterocycles. The zero-order valence-electron chi connectivity index (χ0n) is 23.5. The van der Waals surface area contributed by atoms with Gasteiger partial charge in [-0.3, -0.25) is 4.39 Å². The second-order valence-corrected chi connectivity index (χ2v) is 11.2. The van der Waals surface area contributed by atoms with Crippen molar-refractivity contribution >= 4 is 17.0 Å². The summed E-state index contributed by atoms with van der Waals surface area (Å²) >= 11 is 0. The molecule has 0 amide bonds. The molecule has 6 nitrogen and oxygen atoms in total. The van der Waals surface area contributed by atoms with Gasteiger partial charge in [0.15, 0.2) is 0 Å². The number of pyridine rings is 1. The van der Waals surface area contributed by atoms with Gasteiger partial charge in [-0.05, 0) is 61.2 Å². The summed E-state index contributed by atoms with van der Waals surface area (Å²) in [4.78, 5) is 20.2. The quantitative estimate of drug-likeness (QED) is 0.166. The Morgan fingerprint density at radius 1 is 0.932 bits per heavy atom. The SMILES string of the molecule is Cc1ccc(COc2cccc(-c3cc(F)c(Cc4nc5cc(F)c(C(=O)O)cc5n4CC4(CF)CC4)cc3F)n2)c(F)c1. The maximum absolute atomic E-state index is 15.5. The van der Waals surface area contributed by atoms with E-state index in [-0.39, 0.29) is 59.1 Å². The molecule has 2 aromatic heterocycles. The normalized spacial score (nSPS) is 13.8. The van der Waals surface area contributed by atoms with E-state index < -0.39 is 46.9 Å². The van der Waals surface area contributed by atoms with Crippen LogP contribution in [0.5, 0.6) is 5.88 Å². The van der Waals surface area contributed by atoms with Crippen molar-refractivity contribution in [3.05, 3.63) is 112 Å². The fourth-order valence-electron chi connectivity index (χ4n) is 5.17. The van der Waals surface area contributed by atoms with Crippen molar-refractivity contribution in [3.8, 4) is 17.1 Å². The van der Waals surface area contributed by atoms with Crippen LogP contribution in [0.4, 0.5) is 22.0 Å². The number of benzene rings is 3. The molecule has 0 radical (unpaired) electrons. The van der Waals surface area contributed by atoms with Crippen LogP contribution in [-0.4, -0.2) is 32.3 Å². The number of hydrogen-bond donors (Lipinski definition) is 1. The number of carbonyl (C=O) groups is 1. The van der Waals surface area contributed by atoms with Gasteiger partial charge in [0.05, 0.1) is 29.0 Å². The largest absolute Gasteiger partial charge is 0.478 e. The lowest BCUT2D eigenvalue weighted by molar-refractivity contribution is 0.0692. The fraction of sp³-hybridized carbons (Fsp3) is 0.242. The molecule has 1 aliphatic rings. The molecular formula is C33H26F5N3O3. The van der Waals surface area contributed by atoms with Gasteiger partial charge in [-0.1, -0.05) is 18.2 Å². The van der Waals surface area contributed by atoms with Crippen LogP contribution in [-0.2, 0) is 19.6 Å². The van der Waals surface area contributed by atoms with E-state index in [1.807, 2.05) is 0 Å². The second kappa shape index (κ2) is 11.4. The van der Waals surface area contributed by atoms with E-state index in [0.717, 1.165) is 29.8 Å². The van der Waals surface area contributed by atoms with Crippen LogP contribution < -0.4 is 4.74 Å². The summed E-state index contributed by atoms with van der Waals surface area (Å²) in [6, 6.07) is 13.4. The predicted octanol–water partition coefficient (Wildman–Crippen LogP) is 7.58.